The van der Waals surface area contributed by atoms with E-state index in [0.29, 0.717) is 11.4 Å². The summed E-state index contributed by atoms with van der Waals surface area (Å²) in [7, 11) is 1.64. The Morgan fingerprint density at radius 3 is 2.63 bits per heavy atom. The summed E-state index contributed by atoms with van der Waals surface area (Å²) in [5.74, 6) is 0.800. The van der Waals surface area contributed by atoms with E-state index in [1.165, 1.54) is 25.7 Å². The fraction of sp³-hybridized carbons (Fsp3) is 0.625. The molecule has 0 saturated carbocycles. The van der Waals surface area contributed by atoms with Crippen molar-refractivity contribution in [1.29, 1.82) is 0 Å². The van der Waals surface area contributed by atoms with Crippen LogP contribution in [-0.2, 0) is 6.42 Å². The van der Waals surface area contributed by atoms with E-state index in [4.69, 9.17) is 16.3 Å². The predicted octanol–water partition coefficient (Wildman–Crippen LogP) is 4.61. The van der Waals surface area contributed by atoms with Gasteiger partial charge >= 0.3 is 0 Å². The van der Waals surface area contributed by atoms with Crippen LogP contribution in [0.1, 0.15) is 51.0 Å². The Kier molecular flexibility index (Phi) is 7.92. The van der Waals surface area contributed by atoms with Crippen molar-refractivity contribution in [2.75, 3.05) is 7.11 Å². The molecular weight excluding hydrogens is 260 g/mol. The van der Waals surface area contributed by atoms with Crippen LogP contribution in [0.4, 0.5) is 0 Å². The zero-order chi connectivity index (χ0) is 14.1. The Morgan fingerprint density at radius 2 is 1.95 bits per heavy atom. The van der Waals surface area contributed by atoms with Gasteiger partial charge < -0.3 is 9.84 Å². The van der Waals surface area contributed by atoms with Crippen LogP contribution >= 0.6 is 11.6 Å². The number of hydrogen-bond donors (Lipinski definition) is 1. The maximum Gasteiger partial charge on any atom is 0.122 e. The predicted molar refractivity (Wildman–Crippen MR) is 81.1 cm³/mol. The maximum atomic E-state index is 10.1. The summed E-state index contributed by atoms with van der Waals surface area (Å²) in [6.45, 7) is 2.21. The van der Waals surface area contributed by atoms with Gasteiger partial charge in [-0.15, -0.1) is 0 Å². The Labute approximate surface area is 121 Å². The molecule has 0 saturated heterocycles. The van der Waals surface area contributed by atoms with Crippen molar-refractivity contribution in [1.82, 2.24) is 0 Å². The maximum absolute atomic E-state index is 10.1. The molecule has 1 unspecified atom stereocenters. The second kappa shape index (κ2) is 9.22. The molecule has 0 aromatic heterocycles. The average molecular weight is 285 g/mol. The number of ether oxygens (including phenoxy) is 1. The smallest absolute Gasteiger partial charge is 0.122 e. The summed E-state index contributed by atoms with van der Waals surface area (Å²) < 4.78 is 5.29. The highest BCUT2D eigenvalue weighted by atomic mass is 35.5. The molecule has 0 spiro atoms. The van der Waals surface area contributed by atoms with Crippen LogP contribution in [0.25, 0.3) is 0 Å². The number of unbranched alkanes of at least 4 members (excludes halogenated alkanes) is 4. The lowest BCUT2D eigenvalue weighted by Gasteiger charge is -2.13. The molecule has 1 atom stereocenters. The van der Waals surface area contributed by atoms with Crippen LogP contribution in [-0.4, -0.2) is 18.3 Å². The molecule has 0 heterocycles. The van der Waals surface area contributed by atoms with Gasteiger partial charge in [0.25, 0.3) is 0 Å². The molecule has 1 rings (SSSR count). The van der Waals surface area contributed by atoms with E-state index in [1.54, 1.807) is 13.2 Å². The van der Waals surface area contributed by atoms with Crippen molar-refractivity contribution in [2.24, 2.45) is 0 Å². The minimum absolute atomic E-state index is 0.311. The van der Waals surface area contributed by atoms with Crippen LogP contribution in [0.15, 0.2) is 18.2 Å². The monoisotopic (exact) mass is 284 g/mol. The number of benzene rings is 1. The van der Waals surface area contributed by atoms with Gasteiger partial charge in [0.15, 0.2) is 0 Å². The fourth-order valence-corrected chi connectivity index (χ4v) is 2.44. The van der Waals surface area contributed by atoms with Crippen LogP contribution in [0.5, 0.6) is 5.75 Å². The number of aliphatic hydroxyl groups is 1. The van der Waals surface area contributed by atoms with Gasteiger partial charge in [0.2, 0.25) is 0 Å². The van der Waals surface area contributed by atoms with Crippen molar-refractivity contribution < 1.29 is 9.84 Å². The molecule has 0 aliphatic carbocycles. The number of rotatable bonds is 9. The molecule has 1 N–H and O–H groups in total. The van der Waals surface area contributed by atoms with Crippen LogP contribution in [0.3, 0.4) is 0 Å². The van der Waals surface area contributed by atoms with Crippen LogP contribution in [0, 0.1) is 0 Å². The van der Waals surface area contributed by atoms with Gasteiger partial charge in [-0.1, -0.05) is 50.6 Å². The molecule has 1 aromatic rings. The highest BCUT2D eigenvalue weighted by molar-refractivity contribution is 6.30. The lowest BCUT2D eigenvalue weighted by Crippen LogP contribution is -2.11. The van der Waals surface area contributed by atoms with E-state index < -0.39 is 0 Å². The molecular formula is C16H25ClO2. The van der Waals surface area contributed by atoms with Gasteiger partial charge in [-0.25, -0.2) is 0 Å². The molecule has 1 aromatic carbocycles. The standard InChI is InChI=1S/C16H25ClO2/c1-3-4-5-6-7-8-15(18)12-13-11-14(17)9-10-16(13)19-2/h9-11,15,18H,3-8,12H2,1-2H3. The van der Waals surface area contributed by atoms with Crippen molar-refractivity contribution >= 4 is 11.6 Å². The van der Waals surface area contributed by atoms with Crippen molar-refractivity contribution in [3.05, 3.63) is 28.8 Å². The first-order valence-electron chi connectivity index (χ1n) is 7.17. The van der Waals surface area contributed by atoms with Gasteiger partial charge in [-0.3, -0.25) is 0 Å². The summed E-state index contributed by atoms with van der Waals surface area (Å²) in [5, 5.41) is 10.8. The molecule has 19 heavy (non-hydrogen) atoms. The summed E-state index contributed by atoms with van der Waals surface area (Å²) in [6.07, 6.45) is 7.25. The first-order valence-corrected chi connectivity index (χ1v) is 7.55. The van der Waals surface area contributed by atoms with Crippen molar-refractivity contribution in [3.63, 3.8) is 0 Å². The topological polar surface area (TPSA) is 29.5 Å². The Bertz CT molecular complexity index is 366. The van der Waals surface area contributed by atoms with Gasteiger partial charge in [0.05, 0.1) is 13.2 Å². The van der Waals surface area contributed by atoms with Gasteiger partial charge in [0, 0.05) is 11.4 Å². The number of methoxy groups -OCH3 is 1. The molecule has 0 fully saturated rings. The Balaban J connectivity index is 2.39. The molecule has 0 bridgehead atoms. The molecule has 3 heteroatoms. The number of halogens is 1. The summed E-state index contributed by atoms with van der Waals surface area (Å²) in [6, 6.07) is 5.54. The lowest BCUT2D eigenvalue weighted by molar-refractivity contribution is 0.160. The third-order valence-corrected chi connectivity index (χ3v) is 3.57. The number of aliphatic hydroxyl groups excluding tert-OH is 1. The normalized spacial score (nSPS) is 12.4. The van der Waals surface area contributed by atoms with Crippen LogP contribution < -0.4 is 4.74 Å². The highest BCUT2D eigenvalue weighted by Crippen LogP contribution is 2.24. The third-order valence-electron chi connectivity index (χ3n) is 3.34. The minimum Gasteiger partial charge on any atom is -0.496 e. The zero-order valence-electron chi connectivity index (χ0n) is 12.0. The molecule has 0 radical (unpaired) electrons. The SMILES string of the molecule is CCCCCCCC(O)Cc1cc(Cl)ccc1OC. The molecule has 0 amide bonds. The Hall–Kier alpha value is -0.730. The van der Waals surface area contributed by atoms with Gasteiger partial charge in [0.1, 0.15) is 5.75 Å². The van der Waals surface area contributed by atoms with Crippen molar-refractivity contribution in [2.45, 2.75) is 58.0 Å². The lowest BCUT2D eigenvalue weighted by atomic mass is 10.0. The first kappa shape index (κ1) is 16.3. The van der Waals surface area contributed by atoms with E-state index in [9.17, 15) is 5.11 Å². The molecule has 108 valence electrons. The average Bonchev–Trinajstić information content (AvgIpc) is 2.39. The third kappa shape index (κ3) is 6.31. The quantitative estimate of drug-likeness (QED) is 0.671. The molecule has 2 nitrogen and oxygen atoms in total. The van der Waals surface area contributed by atoms with Crippen molar-refractivity contribution in [3.8, 4) is 5.75 Å². The Morgan fingerprint density at radius 1 is 1.21 bits per heavy atom. The number of hydrogen-bond acceptors (Lipinski definition) is 2. The second-order valence-electron chi connectivity index (χ2n) is 5.02. The van der Waals surface area contributed by atoms with E-state index in [2.05, 4.69) is 6.92 Å². The molecule has 0 aliphatic rings. The van der Waals surface area contributed by atoms with E-state index in [-0.39, 0.29) is 6.10 Å². The fourth-order valence-electron chi connectivity index (χ4n) is 2.25. The first-order chi connectivity index (χ1) is 9.17. The summed E-state index contributed by atoms with van der Waals surface area (Å²) in [4.78, 5) is 0. The molecule has 0 aliphatic heterocycles. The van der Waals surface area contributed by atoms with E-state index in [1.807, 2.05) is 12.1 Å². The van der Waals surface area contributed by atoms with Crippen LogP contribution in [0.2, 0.25) is 5.02 Å². The van der Waals surface area contributed by atoms with E-state index in [0.717, 1.165) is 24.2 Å². The summed E-state index contributed by atoms with van der Waals surface area (Å²) in [5.41, 5.74) is 0.982. The van der Waals surface area contributed by atoms with E-state index >= 15 is 0 Å². The van der Waals surface area contributed by atoms with Gasteiger partial charge in [-0.2, -0.15) is 0 Å². The second-order valence-corrected chi connectivity index (χ2v) is 5.45. The minimum atomic E-state index is -0.311. The zero-order valence-corrected chi connectivity index (χ0v) is 12.7. The summed E-state index contributed by atoms with van der Waals surface area (Å²) >= 11 is 5.98. The highest BCUT2D eigenvalue weighted by Gasteiger charge is 2.10. The largest absolute Gasteiger partial charge is 0.496 e. The van der Waals surface area contributed by atoms with Gasteiger partial charge in [-0.05, 0) is 30.2 Å².